The SMILES string of the molecule is CC.Cc1nc(-c2ccccc2)sc1CO. The van der Waals surface area contributed by atoms with Gasteiger partial charge in [-0.15, -0.1) is 11.3 Å². The van der Waals surface area contributed by atoms with Gasteiger partial charge in [0.05, 0.1) is 17.2 Å². The quantitative estimate of drug-likeness (QED) is 0.862. The van der Waals surface area contributed by atoms with Crippen LogP contribution in [0.1, 0.15) is 24.4 Å². The largest absolute Gasteiger partial charge is 0.391 e. The van der Waals surface area contributed by atoms with Gasteiger partial charge in [0.25, 0.3) is 0 Å². The predicted octanol–water partition coefficient (Wildman–Crippen LogP) is 3.64. The van der Waals surface area contributed by atoms with Crippen molar-refractivity contribution in [1.82, 2.24) is 4.98 Å². The number of aliphatic hydroxyl groups excluding tert-OH is 1. The molecule has 3 heteroatoms. The highest BCUT2D eigenvalue weighted by Crippen LogP contribution is 2.27. The fourth-order valence-corrected chi connectivity index (χ4v) is 2.21. The summed E-state index contributed by atoms with van der Waals surface area (Å²) in [6.45, 7) is 6.00. The van der Waals surface area contributed by atoms with Crippen molar-refractivity contribution in [3.63, 3.8) is 0 Å². The van der Waals surface area contributed by atoms with Crippen LogP contribution in [0.15, 0.2) is 30.3 Å². The molecule has 0 saturated carbocycles. The molecule has 0 aliphatic rings. The number of benzene rings is 1. The molecule has 0 fully saturated rings. The summed E-state index contributed by atoms with van der Waals surface area (Å²) in [7, 11) is 0. The van der Waals surface area contributed by atoms with Gasteiger partial charge in [-0.05, 0) is 6.92 Å². The first-order valence-electron chi connectivity index (χ1n) is 5.44. The zero-order chi connectivity index (χ0) is 12.0. The van der Waals surface area contributed by atoms with Gasteiger partial charge in [-0.1, -0.05) is 44.2 Å². The first kappa shape index (κ1) is 12.9. The third-order valence-electron chi connectivity index (χ3n) is 2.06. The van der Waals surface area contributed by atoms with Gasteiger partial charge < -0.3 is 5.11 Å². The summed E-state index contributed by atoms with van der Waals surface area (Å²) in [6, 6.07) is 10.0. The minimum Gasteiger partial charge on any atom is -0.391 e. The second-order valence-corrected chi connectivity index (χ2v) is 4.14. The Kier molecular flexibility index (Phi) is 5.15. The molecule has 1 N–H and O–H groups in total. The Balaban J connectivity index is 0.000000606. The summed E-state index contributed by atoms with van der Waals surface area (Å²) < 4.78 is 0. The molecule has 1 aromatic heterocycles. The summed E-state index contributed by atoms with van der Waals surface area (Å²) in [4.78, 5) is 5.36. The van der Waals surface area contributed by atoms with Crippen LogP contribution in [-0.4, -0.2) is 10.1 Å². The molecule has 1 heterocycles. The van der Waals surface area contributed by atoms with Crippen molar-refractivity contribution in [2.45, 2.75) is 27.4 Å². The first-order chi connectivity index (χ1) is 7.81. The molecule has 0 saturated heterocycles. The van der Waals surface area contributed by atoms with Crippen LogP contribution in [0.5, 0.6) is 0 Å². The van der Waals surface area contributed by atoms with Crippen LogP contribution in [0.25, 0.3) is 10.6 Å². The molecule has 86 valence electrons. The van der Waals surface area contributed by atoms with E-state index in [1.165, 1.54) is 0 Å². The average Bonchev–Trinajstić information content (AvgIpc) is 2.74. The number of thiazole rings is 1. The molecule has 0 aliphatic carbocycles. The van der Waals surface area contributed by atoms with Gasteiger partial charge in [0, 0.05) is 5.56 Å². The molecule has 2 nitrogen and oxygen atoms in total. The lowest BCUT2D eigenvalue weighted by Gasteiger charge is -1.92. The van der Waals surface area contributed by atoms with Gasteiger partial charge in [-0.2, -0.15) is 0 Å². The van der Waals surface area contributed by atoms with Crippen molar-refractivity contribution in [3.8, 4) is 10.6 Å². The van der Waals surface area contributed by atoms with E-state index in [2.05, 4.69) is 4.98 Å². The Labute approximate surface area is 101 Å². The Morgan fingerprint density at radius 3 is 2.31 bits per heavy atom. The number of nitrogens with zero attached hydrogens (tertiary/aromatic N) is 1. The molecular weight excluding hydrogens is 218 g/mol. The topological polar surface area (TPSA) is 33.1 Å². The van der Waals surface area contributed by atoms with Gasteiger partial charge in [-0.3, -0.25) is 0 Å². The molecule has 0 bridgehead atoms. The second kappa shape index (κ2) is 6.40. The van der Waals surface area contributed by atoms with Crippen LogP contribution in [-0.2, 0) is 6.61 Å². The Hall–Kier alpha value is -1.19. The van der Waals surface area contributed by atoms with Crippen LogP contribution < -0.4 is 0 Å². The minimum absolute atomic E-state index is 0.0797. The summed E-state index contributed by atoms with van der Waals surface area (Å²) >= 11 is 1.55. The second-order valence-electron chi connectivity index (χ2n) is 3.05. The number of aliphatic hydroxyl groups is 1. The smallest absolute Gasteiger partial charge is 0.123 e. The zero-order valence-electron chi connectivity index (χ0n) is 9.90. The highest BCUT2D eigenvalue weighted by atomic mass is 32.1. The third-order valence-corrected chi connectivity index (χ3v) is 3.25. The van der Waals surface area contributed by atoms with Crippen LogP contribution in [0.3, 0.4) is 0 Å². The molecule has 2 aromatic rings. The normalized spacial score (nSPS) is 9.50. The van der Waals surface area contributed by atoms with Gasteiger partial charge in [0.15, 0.2) is 0 Å². The molecule has 0 atom stereocenters. The van der Waals surface area contributed by atoms with E-state index in [1.807, 2.05) is 51.1 Å². The average molecular weight is 235 g/mol. The maximum absolute atomic E-state index is 9.05. The monoisotopic (exact) mass is 235 g/mol. The highest BCUT2D eigenvalue weighted by molar-refractivity contribution is 7.15. The maximum Gasteiger partial charge on any atom is 0.123 e. The van der Waals surface area contributed by atoms with Crippen molar-refractivity contribution in [2.24, 2.45) is 0 Å². The van der Waals surface area contributed by atoms with E-state index in [1.54, 1.807) is 11.3 Å². The van der Waals surface area contributed by atoms with Crippen LogP contribution in [0, 0.1) is 6.92 Å². The Bertz CT molecular complexity index is 423. The standard InChI is InChI=1S/C11H11NOS.C2H6/c1-8-10(7-13)14-11(12-8)9-5-3-2-4-6-9;1-2/h2-6,13H,7H2,1H3;1-2H3. The summed E-state index contributed by atoms with van der Waals surface area (Å²) in [5.41, 5.74) is 2.04. The van der Waals surface area contributed by atoms with Crippen molar-refractivity contribution >= 4 is 11.3 Å². The number of rotatable bonds is 2. The van der Waals surface area contributed by atoms with Crippen LogP contribution in [0.4, 0.5) is 0 Å². The van der Waals surface area contributed by atoms with Crippen molar-refractivity contribution in [2.75, 3.05) is 0 Å². The fourth-order valence-electron chi connectivity index (χ4n) is 1.28. The van der Waals surface area contributed by atoms with Gasteiger partial charge >= 0.3 is 0 Å². The molecular formula is C13H17NOS. The summed E-state index contributed by atoms with van der Waals surface area (Å²) in [5.74, 6) is 0. The molecule has 0 aliphatic heterocycles. The fraction of sp³-hybridized carbons (Fsp3) is 0.308. The molecule has 0 unspecified atom stereocenters. The number of hydrogen-bond donors (Lipinski definition) is 1. The number of hydrogen-bond acceptors (Lipinski definition) is 3. The Morgan fingerprint density at radius 1 is 1.19 bits per heavy atom. The lowest BCUT2D eigenvalue weighted by molar-refractivity contribution is 0.284. The van der Waals surface area contributed by atoms with E-state index < -0.39 is 0 Å². The van der Waals surface area contributed by atoms with Crippen molar-refractivity contribution < 1.29 is 5.11 Å². The predicted molar refractivity (Wildman–Crippen MR) is 69.6 cm³/mol. The van der Waals surface area contributed by atoms with E-state index in [0.29, 0.717) is 0 Å². The van der Waals surface area contributed by atoms with Crippen molar-refractivity contribution in [1.29, 1.82) is 0 Å². The number of aryl methyl sites for hydroxylation is 1. The molecule has 0 amide bonds. The number of aromatic nitrogens is 1. The maximum atomic E-state index is 9.05. The first-order valence-corrected chi connectivity index (χ1v) is 6.25. The molecule has 0 radical (unpaired) electrons. The minimum atomic E-state index is 0.0797. The van der Waals surface area contributed by atoms with E-state index in [-0.39, 0.29) is 6.61 Å². The molecule has 2 rings (SSSR count). The van der Waals surface area contributed by atoms with Gasteiger partial charge in [-0.25, -0.2) is 4.98 Å². The van der Waals surface area contributed by atoms with E-state index in [4.69, 9.17) is 5.11 Å². The molecule has 1 aromatic carbocycles. The van der Waals surface area contributed by atoms with E-state index in [0.717, 1.165) is 21.1 Å². The molecule has 16 heavy (non-hydrogen) atoms. The lowest BCUT2D eigenvalue weighted by atomic mass is 10.2. The highest BCUT2D eigenvalue weighted by Gasteiger charge is 2.07. The Morgan fingerprint density at radius 2 is 1.81 bits per heavy atom. The summed E-state index contributed by atoms with van der Waals surface area (Å²) in [5, 5.41) is 10.0. The van der Waals surface area contributed by atoms with Crippen molar-refractivity contribution in [3.05, 3.63) is 40.9 Å². The van der Waals surface area contributed by atoms with Gasteiger partial charge in [0.2, 0.25) is 0 Å². The summed E-state index contributed by atoms with van der Waals surface area (Å²) in [6.07, 6.45) is 0. The van der Waals surface area contributed by atoms with Crippen LogP contribution in [0.2, 0.25) is 0 Å². The molecule has 0 spiro atoms. The van der Waals surface area contributed by atoms with Crippen LogP contribution >= 0.6 is 11.3 Å². The van der Waals surface area contributed by atoms with E-state index >= 15 is 0 Å². The third kappa shape index (κ3) is 2.90. The van der Waals surface area contributed by atoms with Gasteiger partial charge in [0.1, 0.15) is 5.01 Å². The zero-order valence-corrected chi connectivity index (χ0v) is 10.7. The lowest BCUT2D eigenvalue weighted by Crippen LogP contribution is -1.80. The van der Waals surface area contributed by atoms with E-state index in [9.17, 15) is 0 Å².